The minimum atomic E-state index is -1.33. The van der Waals surface area contributed by atoms with Gasteiger partial charge < -0.3 is 20.4 Å². The molecule has 2 aromatic rings. The molecule has 6 atom stereocenters. The summed E-state index contributed by atoms with van der Waals surface area (Å²) >= 11 is 0. The Bertz CT molecular complexity index is 1320. The summed E-state index contributed by atoms with van der Waals surface area (Å²) in [5, 5.41) is 19.1. The van der Waals surface area contributed by atoms with Crippen LogP contribution in [0, 0.1) is 40.9 Å². The topological polar surface area (TPSA) is 153 Å². The second-order valence-corrected chi connectivity index (χ2v) is 10.8. The Balaban J connectivity index is 1.37. The fourth-order valence-corrected chi connectivity index (χ4v) is 6.12. The number of benzene rings is 1. The summed E-state index contributed by atoms with van der Waals surface area (Å²) in [5.41, 5.74) is -0.299. The van der Waals surface area contributed by atoms with E-state index in [1.807, 2.05) is 19.1 Å². The highest BCUT2D eigenvalue weighted by Crippen LogP contribution is 2.47. The first-order valence-corrected chi connectivity index (χ1v) is 12.7. The van der Waals surface area contributed by atoms with Crippen molar-refractivity contribution in [3.05, 3.63) is 30.0 Å². The summed E-state index contributed by atoms with van der Waals surface area (Å²) in [5.74, 6) is -2.71. The van der Waals surface area contributed by atoms with Crippen LogP contribution >= 0.6 is 0 Å². The lowest BCUT2D eigenvalue weighted by atomic mass is 9.60. The standard InChI is InChI=1S/C27H31N5O5/c1-13-11-27(12-28,14(2)22-21(13)25(35)31-26(22)36)32-24(34)18(9-15-7-8-15)30-23(33)19-10-16-17(29-19)5-4-6-20(16)37-3/h4-6,10,13-15,18,21-22,29H,7-9,11H2,1-3H3,(H,30,33)(H,32,34)(H,31,35,36)/t13-,14-,18-,21-,22+,27+/m0/s1. The molecule has 2 heterocycles. The van der Waals surface area contributed by atoms with Crippen LogP contribution in [0.3, 0.4) is 0 Å². The van der Waals surface area contributed by atoms with Crippen LogP contribution in [0.1, 0.15) is 50.0 Å². The molecule has 1 saturated heterocycles. The number of H-pyrrole nitrogens is 1. The van der Waals surface area contributed by atoms with Crippen LogP contribution in [0.15, 0.2) is 24.3 Å². The van der Waals surface area contributed by atoms with Crippen LogP contribution in [0.5, 0.6) is 5.75 Å². The molecule has 0 radical (unpaired) electrons. The van der Waals surface area contributed by atoms with E-state index in [-0.39, 0.29) is 18.2 Å². The molecule has 4 N–H and O–H groups in total. The number of carbonyl (C=O) groups excluding carboxylic acids is 4. The van der Waals surface area contributed by atoms with Gasteiger partial charge in [-0.25, -0.2) is 0 Å². The number of aromatic nitrogens is 1. The number of aromatic amines is 1. The van der Waals surface area contributed by atoms with Crippen molar-refractivity contribution in [2.24, 2.45) is 29.6 Å². The maximum Gasteiger partial charge on any atom is 0.268 e. The number of hydrogen-bond donors (Lipinski definition) is 4. The lowest BCUT2D eigenvalue weighted by molar-refractivity contribution is -0.132. The lowest BCUT2D eigenvalue weighted by Gasteiger charge is -2.45. The summed E-state index contributed by atoms with van der Waals surface area (Å²) in [6, 6.07) is 8.56. The van der Waals surface area contributed by atoms with Crippen molar-refractivity contribution < 1.29 is 23.9 Å². The molecule has 3 aliphatic rings. The fraction of sp³-hybridized carbons (Fsp3) is 0.519. The van der Waals surface area contributed by atoms with Crippen molar-refractivity contribution >= 4 is 34.5 Å². The number of hydrogen-bond acceptors (Lipinski definition) is 6. The number of methoxy groups -OCH3 is 1. The molecular formula is C27H31N5O5. The van der Waals surface area contributed by atoms with E-state index in [4.69, 9.17) is 4.74 Å². The van der Waals surface area contributed by atoms with Gasteiger partial charge in [0.1, 0.15) is 23.0 Å². The zero-order valence-electron chi connectivity index (χ0n) is 21.1. The van der Waals surface area contributed by atoms with Gasteiger partial charge >= 0.3 is 0 Å². The monoisotopic (exact) mass is 505 g/mol. The number of ether oxygens (including phenoxy) is 1. The number of fused-ring (bicyclic) bond motifs is 2. The third-order valence-electron chi connectivity index (χ3n) is 8.33. The number of amides is 4. The maximum absolute atomic E-state index is 13.6. The van der Waals surface area contributed by atoms with Gasteiger partial charge in [-0.15, -0.1) is 0 Å². The highest BCUT2D eigenvalue weighted by atomic mass is 16.5. The fourth-order valence-electron chi connectivity index (χ4n) is 6.12. The number of nitriles is 1. The number of rotatable bonds is 7. The Hall–Kier alpha value is -3.87. The Kier molecular flexibility index (Phi) is 6.18. The molecule has 194 valence electrons. The molecule has 10 nitrogen and oxygen atoms in total. The van der Waals surface area contributed by atoms with E-state index in [2.05, 4.69) is 27.0 Å². The number of carbonyl (C=O) groups is 4. The predicted molar refractivity (Wildman–Crippen MR) is 133 cm³/mol. The summed E-state index contributed by atoms with van der Waals surface area (Å²) < 4.78 is 5.38. The number of nitrogens with zero attached hydrogens (tertiary/aromatic N) is 1. The zero-order valence-corrected chi connectivity index (χ0v) is 21.1. The summed E-state index contributed by atoms with van der Waals surface area (Å²) in [7, 11) is 1.56. The van der Waals surface area contributed by atoms with Crippen LogP contribution in [-0.2, 0) is 14.4 Å². The smallest absolute Gasteiger partial charge is 0.268 e. The van der Waals surface area contributed by atoms with Crippen molar-refractivity contribution in [3.8, 4) is 11.8 Å². The van der Waals surface area contributed by atoms with Gasteiger partial charge in [-0.3, -0.25) is 24.5 Å². The average molecular weight is 506 g/mol. The molecule has 0 bridgehead atoms. The molecule has 37 heavy (non-hydrogen) atoms. The summed E-state index contributed by atoms with van der Waals surface area (Å²) in [6.07, 6.45) is 2.65. The van der Waals surface area contributed by atoms with E-state index in [0.29, 0.717) is 23.8 Å². The third kappa shape index (κ3) is 4.32. The van der Waals surface area contributed by atoms with Crippen molar-refractivity contribution in [3.63, 3.8) is 0 Å². The Morgan fingerprint density at radius 1 is 1.22 bits per heavy atom. The van der Waals surface area contributed by atoms with Crippen molar-refractivity contribution in [1.29, 1.82) is 5.26 Å². The van der Waals surface area contributed by atoms with E-state index in [1.54, 1.807) is 26.2 Å². The van der Waals surface area contributed by atoms with Gasteiger partial charge in [0.2, 0.25) is 17.7 Å². The summed E-state index contributed by atoms with van der Waals surface area (Å²) in [4.78, 5) is 54.8. The van der Waals surface area contributed by atoms with Crippen LogP contribution < -0.4 is 20.7 Å². The molecule has 4 amide bonds. The van der Waals surface area contributed by atoms with E-state index < -0.39 is 47.1 Å². The van der Waals surface area contributed by atoms with Crippen LogP contribution in [0.4, 0.5) is 0 Å². The molecule has 3 fully saturated rings. The van der Waals surface area contributed by atoms with Crippen molar-refractivity contribution in [2.45, 2.75) is 51.1 Å². The van der Waals surface area contributed by atoms with E-state index in [1.165, 1.54) is 0 Å². The molecule has 0 unspecified atom stereocenters. The molecule has 1 aliphatic heterocycles. The van der Waals surface area contributed by atoms with E-state index in [0.717, 1.165) is 23.7 Å². The first kappa shape index (κ1) is 24.8. The van der Waals surface area contributed by atoms with Crippen LogP contribution in [-0.4, -0.2) is 47.3 Å². The van der Waals surface area contributed by atoms with Gasteiger partial charge in [0.25, 0.3) is 5.91 Å². The van der Waals surface area contributed by atoms with E-state index in [9.17, 15) is 24.4 Å². The molecule has 5 rings (SSSR count). The van der Waals surface area contributed by atoms with Crippen molar-refractivity contribution in [1.82, 2.24) is 20.9 Å². The first-order valence-electron chi connectivity index (χ1n) is 12.7. The van der Waals surface area contributed by atoms with Crippen LogP contribution in [0.2, 0.25) is 0 Å². The molecular weight excluding hydrogens is 474 g/mol. The quantitative estimate of drug-likeness (QED) is 0.422. The maximum atomic E-state index is 13.6. The van der Waals surface area contributed by atoms with E-state index >= 15 is 0 Å². The SMILES string of the molecule is COc1cccc2[nH]c(C(=O)N[C@@H](CC3CC3)C(=O)N[C@@]3(C#N)C[C@H](C)[C@@H]4C(=O)NC(=O)[C@@H]4[C@@H]3C)cc12. The Labute approximate surface area is 214 Å². The van der Waals surface area contributed by atoms with Gasteiger partial charge in [-0.2, -0.15) is 5.26 Å². The van der Waals surface area contributed by atoms with Crippen molar-refractivity contribution in [2.75, 3.05) is 7.11 Å². The Morgan fingerprint density at radius 2 is 1.95 bits per heavy atom. The normalized spacial score (nSPS) is 29.7. The molecule has 1 aromatic carbocycles. The molecule has 2 saturated carbocycles. The molecule has 10 heteroatoms. The lowest BCUT2D eigenvalue weighted by Crippen LogP contribution is -2.63. The molecule has 1 aromatic heterocycles. The van der Waals surface area contributed by atoms with Gasteiger partial charge in [0.15, 0.2) is 0 Å². The van der Waals surface area contributed by atoms with Gasteiger partial charge in [0.05, 0.1) is 25.0 Å². The minimum absolute atomic E-state index is 0.240. The first-order chi connectivity index (χ1) is 17.7. The second-order valence-electron chi connectivity index (χ2n) is 10.8. The summed E-state index contributed by atoms with van der Waals surface area (Å²) in [6.45, 7) is 3.56. The number of imide groups is 1. The molecule has 2 aliphatic carbocycles. The second kappa shape index (κ2) is 9.21. The third-order valence-corrected chi connectivity index (χ3v) is 8.33. The number of nitrogens with one attached hydrogen (secondary N) is 4. The minimum Gasteiger partial charge on any atom is -0.496 e. The Morgan fingerprint density at radius 3 is 2.62 bits per heavy atom. The largest absolute Gasteiger partial charge is 0.496 e. The van der Waals surface area contributed by atoms with Gasteiger partial charge in [-0.05, 0) is 42.9 Å². The predicted octanol–water partition coefficient (Wildman–Crippen LogP) is 2.02. The highest BCUT2D eigenvalue weighted by Gasteiger charge is 2.59. The van der Waals surface area contributed by atoms with Gasteiger partial charge in [0, 0.05) is 16.8 Å². The highest BCUT2D eigenvalue weighted by molar-refractivity contribution is 6.06. The molecule has 0 spiro atoms. The average Bonchev–Trinajstić information content (AvgIpc) is 3.48. The van der Waals surface area contributed by atoms with Gasteiger partial charge in [-0.1, -0.05) is 32.8 Å². The zero-order chi connectivity index (χ0) is 26.5. The van der Waals surface area contributed by atoms with Crippen LogP contribution in [0.25, 0.3) is 10.9 Å².